The monoisotopic (exact) mass is 409 g/mol. The summed E-state index contributed by atoms with van der Waals surface area (Å²) >= 11 is 0. The first-order valence-electron chi connectivity index (χ1n) is 9.82. The van der Waals surface area contributed by atoms with Crippen LogP contribution in [0, 0.1) is 0 Å². The summed E-state index contributed by atoms with van der Waals surface area (Å²) in [4.78, 5) is 12.8. The van der Waals surface area contributed by atoms with Gasteiger partial charge in [0.05, 0.1) is 6.61 Å². The lowest BCUT2D eigenvalue weighted by Crippen LogP contribution is -2.64. The second-order valence-corrected chi connectivity index (χ2v) is 8.28. The van der Waals surface area contributed by atoms with Crippen LogP contribution in [0.2, 0.25) is 0 Å². The predicted octanol–water partition coefficient (Wildman–Crippen LogP) is 1.35. The highest BCUT2D eigenvalue weighted by atomic mass is 16.8. The fourth-order valence-corrected chi connectivity index (χ4v) is 3.70. The van der Waals surface area contributed by atoms with E-state index in [1.807, 2.05) is 30.3 Å². The number of hydrogen-bond acceptors (Lipinski definition) is 7. The fraction of sp³-hybridized carbons (Fsp3) is 0.667. The topological polar surface area (TPSA) is 95.5 Å². The summed E-state index contributed by atoms with van der Waals surface area (Å²) in [7, 11) is 1.42. The smallest absolute Gasteiger partial charge is 0.252 e. The minimum Gasteiger partial charge on any atom is -0.387 e. The quantitative estimate of drug-likeness (QED) is 0.732. The van der Waals surface area contributed by atoms with Gasteiger partial charge in [0, 0.05) is 13.7 Å². The van der Waals surface area contributed by atoms with Crippen LogP contribution < -0.4 is 5.32 Å². The first-order chi connectivity index (χ1) is 13.6. The number of amides is 1. The molecule has 3 rings (SSSR count). The molecule has 0 saturated carbocycles. The Hall–Kier alpha value is -1.55. The number of benzene rings is 1. The van der Waals surface area contributed by atoms with Gasteiger partial charge in [0.25, 0.3) is 5.91 Å². The average molecular weight is 409 g/mol. The lowest BCUT2D eigenvalue weighted by molar-refractivity contribution is -0.356. The molecule has 2 saturated heterocycles. The maximum absolute atomic E-state index is 12.8. The first kappa shape index (κ1) is 22.1. The van der Waals surface area contributed by atoms with E-state index in [0.29, 0.717) is 6.54 Å². The molecule has 2 fully saturated rings. The molecule has 0 unspecified atom stereocenters. The van der Waals surface area contributed by atoms with Gasteiger partial charge < -0.3 is 34.1 Å². The molecule has 2 aliphatic heterocycles. The number of carbonyl (C=O) groups is 1. The third-order valence-corrected chi connectivity index (χ3v) is 5.03. The van der Waals surface area contributed by atoms with Gasteiger partial charge in [0.2, 0.25) is 0 Å². The second-order valence-electron chi connectivity index (χ2n) is 8.28. The van der Waals surface area contributed by atoms with Gasteiger partial charge in [-0.05, 0) is 33.3 Å². The van der Waals surface area contributed by atoms with Gasteiger partial charge in [-0.2, -0.15) is 0 Å². The van der Waals surface area contributed by atoms with Crippen molar-refractivity contribution in [1.29, 1.82) is 0 Å². The predicted molar refractivity (Wildman–Crippen MR) is 104 cm³/mol. The summed E-state index contributed by atoms with van der Waals surface area (Å²) in [5, 5.41) is 13.8. The first-order valence-corrected chi connectivity index (χ1v) is 9.82. The molecule has 0 bridgehead atoms. The Morgan fingerprint density at radius 1 is 1.17 bits per heavy atom. The summed E-state index contributed by atoms with van der Waals surface area (Å²) < 4.78 is 28.8. The van der Waals surface area contributed by atoms with Crippen molar-refractivity contribution < 1.29 is 33.6 Å². The maximum Gasteiger partial charge on any atom is 0.252 e. The minimum atomic E-state index is -1.14. The van der Waals surface area contributed by atoms with Crippen LogP contribution in [0.4, 0.5) is 0 Å². The molecule has 0 spiro atoms. The Morgan fingerprint density at radius 2 is 1.86 bits per heavy atom. The molecule has 0 aromatic heterocycles. The maximum atomic E-state index is 12.8. The Balaban J connectivity index is 1.72. The Labute approximate surface area is 171 Å². The molecular formula is C21H31NO7. The van der Waals surface area contributed by atoms with Crippen molar-refractivity contribution >= 4 is 5.91 Å². The van der Waals surface area contributed by atoms with Crippen molar-refractivity contribution in [3.63, 3.8) is 0 Å². The lowest BCUT2D eigenvalue weighted by atomic mass is 9.96. The van der Waals surface area contributed by atoms with E-state index in [9.17, 15) is 9.90 Å². The zero-order chi connectivity index (χ0) is 21.2. The van der Waals surface area contributed by atoms with E-state index in [2.05, 4.69) is 5.32 Å². The number of aliphatic hydroxyl groups excluding tert-OH is 1. The van der Waals surface area contributed by atoms with E-state index in [1.165, 1.54) is 7.11 Å². The molecule has 0 radical (unpaired) electrons. The molecule has 1 aromatic rings. The van der Waals surface area contributed by atoms with Crippen molar-refractivity contribution in [2.45, 2.75) is 76.3 Å². The molecule has 8 heteroatoms. The normalized spacial score (nSPS) is 31.9. The van der Waals surface area contributed by atoms with Crippen LogP contribution in [0.15, 0.2) is 30.3 Å². The third-order valence-electron chi connectivity index (χ3n) is 5.03. The highest BCUT2D eigenvalue weighted by Crippen LogP contribution is 2.35. The van der Waals surface area contributed by atoms with Crippen molar-refractivity contribution in [1.82, 2.24) is 5.32 Å². The SMILES string of the molecule is CO[C@@H](C(=O)NCc1ccccc1)[C@@H]1OC(C)(C)O[C@H]([C@H]2COC(C)(C)O2)[C@@H]1O. The van der Waals surface area contributed by atoms with E-state index in [-0.39, 0.29) is 12.5 Å². The van der Waals surface area contributed by atoms with Crippen LogP contribution in [0.3, 0.4) is 0 Å². The molecule has 5 atom stereocenters. The lowest BCUT2D eigenvalue weighted by Gasteiger charge is -2.46. The van der Waals surface area contributed by atoms with Gasteiger partial charge in [-0.3, -0.25) is 4.79 Å². The van der Waals surface area contributed by atoms with Crippen molar-refractivity contribution in [2.24, 2.45) is 0 Å². The van der Waals surface area contributed by atoms with E-state index in [0.717, 1.165) is 5.56 Å². The van der Waals surface area contributed by atoms with E-state index < -0.39 is 42.1 Å². The zero-order valence-electron chi connectivity index (χ0n) is 17.6. The molecule has 2 heterocycles. The fourth-order valence-electron chi connectivity index (χ4n) is 3.70. The van der Waals surface area contributed by atoms with Gasteiger partial charge in [-0.1, -0.05) is 30.3 Å². The molecule has 1 amide bonds. The van der Waals surface area contributed by atoms with Gasteiger partial charge in [-0.25, -0.2) is 0 Å². The van der Waals surface area contributed by atoms with Crippen LogP contribution in [0.1, 0.15) is 33.3 Å². The van der Waals surface area contributed by atoms with Crippen LogP contribution in [-0.4, -0.2) is 66.8 Å². The van der Waals surface area contributed by atoms with Gasteiger partial charge in [0.1, 0.15) is 24.4 Å². The van der Waals surface area contributed by atoms with Crippen molar-refractivity contribution in [3.8, 4) is 0 Å². The van der Waals surface area contributed by atoms with Crippen LogP contribution in [0.5, 0.6) is 0 Å². The number of methoxy groups -OCH3 is 1. The second kappa shape index (κ2) is 8.67. The summed E-state index contributed by atoms with van der Waals surface area (Å²) in [5.41, 5.74) is 0.959. The molecule has 8 nitrogen and oxygen atoms in total. The number of ether oxygens (including phenoxy) is 5. The largest absolute Gasteiger partial charge is 0.387 e. The summed E-state index contributed by atoms with van der Waals surface area (Å²) in [6, 6.07) is 9.55. The number of rotatable bonds is 6. The van der Waals surface area contributed by atoms with E-state index in [4.69, 9.17) is 23.7 Å². The van der Waals surface area contributed by atoms with E-state index in [1.54, 1.807) is 27.7 Å². The van der Waals surface area contributed by atoms with Gasteiger partial charge in [0.15, 0.2) is 17.7 Å². The standard InChI is InChI=1S/C21H31NO7/c1-20(2)26-12-14(27-20)16-15(23)17(29-21(3,4)28-16)18(25-5)19(24)22-11-13-9-7-6-8-10-13/h6-10,14-18,23H,11-12H2,1-5H3,(H,22,24)/t14-,15+,16-,17-,18-/m1/s1. The number of carbonyl (C=O) groups excluding carboxylic acids is 1. The average Bonchev–Trinajstić information content (AvgIpc) is 3.03. The highest BCUT2D eigenvalue weighted by molar-refractivity contribution is 5.81. The molecule has 29 heavy (non-hydrogen) atoms. The van der Waals surface area contributed by atoms with Gasteiger partial charge >= 0.3 is 0 Å². The molecule has 0 aliphatic carbocycles. The number of hydrogen-bond donors (Lipinski definition) is 2. The van der Waals surface area contributed by atoms with E-state index >= 15 is 0 Å². The third kappa shape index (κ3) is 5.33. The molecule has 1 aromatic carbocycles. The Bertz CT molecular complexity index is 694. The Morgan fingerprint density at radius 3 is 2.45 bits per heavy atom. The minimum absolute atomic E-state index is 0.273. The number of nitrogens with one attached hydrogen (secondary N) is 1. The van der Waals surface area contributed by atoms with Gasteiger partial charge in [-0.15, -0.1) is 0 Å². The summed E-state index contributed by atoms with van der Waals surface area (Å²) in [6.07, 6.45) is -4.31. The highest BCUT2D eigenvalue weighted by Gasteiger charge is 2.53. The van der Waals surface area contributed by atoms with Crippen molar-refractivity contribution in [2.75, 3.05) is 13.7 Å². The van der Waals surface area contributed by atoms with Crippen LogP contribution in [-0.2, 0) is 35.0 Å². The zero-order valence-corrected chi connectivity index (χ0v) is 17.6. The summed E-state index contributed by atoms with van der Waals surface area (Å²) in [6.45, 7) is 7.68. The molecule has 162 valence electrons. The summed E-state index contributed by atoms with van der Waals surface area (Å²) in [5.74, 6) is -2.18. The molecule has 2 N–H and O–H groups in total. The molecular weight excluding hydrogens is 378 g/mol. The van der Waals surface area contributed by atoms with Crippen LogP contribution >= 0.6 is 0 Å². The molecule has 2 aliphatic rings. The van der Waals surface area contributed by atoms with Crippen molar-refractivity contribution in [3.05, 3.63) is 35.9 Å². The Kier molecular flexibility index (Phi) is 6.62. The number of aliphatic hydroxyl groups is 1. The van der Waals surface area contributed by atoms with Crippen LogP contribution in [0.25, 0.3) is 0 Å².